The molecular formula is C38H66FNO12. The van der Waals surface area contributed by atoms with E-state index in [9.17, 15) is 29.6 Å². The van der Waals surface area contributed by atoms with Gasteiger partial charge in [-0.1, -0.05) is 20.8 Å². The van der Waals surface area contributed by atoms with Gasteiger partial charge in [-0.05, 0) is 73.9 Å². The summed E-state index contributed by atoms with van der Waals surface area (Å²) in [7, 11) is 3.27. The highest BCUT2D eigenvalue weighted by Gasteiger charge is 2.57. The van der Waals surface area contributed by atoms with Gasteiger partial charge in [-0.25, -0.2) is 4.39 Å². The smallest absolute Gasteiger partial charge is 0.311 e. The third-order valence-corrected chi connectivity index (χ3v) is 12.3. The lowest BCUT2D eigenvalue weighted by atomic mass is 9.78. The second kappa shape index (κ2) is 16.7. The first-order valence-electron chi connectivity index (χ1n) is 18.9. The zero-order valence-electron chi connectivity index (χ0n) is 33.2. The van der Waals surface area contributed by atoms with Crippen molar-refractivity contribution in [2.24, 2.45) is 17.8 Å². The van der Waals surface area contributed by atoms with Crippen molar-refractivity contribution in [1.82, 2.24) is 4.90 Å². The lowest BCUT2D eigenvalue weighted by Gasteiger charge is -2.48. The van der Waals surface area contributed by atoms with Crippen LogP contribution in [0.3, 0.4) is 0 Å². The van der Waals surface area contributed by atoms with Gasteiger partial charge in [0.2, 0.25) is 0 Å². The molecule has 4 aliphatic rings. The summed E-state index contributed by atoms with van der Waals surface area (Å²) in [5.74, 6) is -2.47. The molecule has 17 atom stereocenters. The number of nitrogens with zero attached hydrogens (tertiary/aromatic N) is 1. The lowest BCUT2D eigenvalue weighted by molar-refractivity contribution is -0.316. The van der Waals surface area contributed by atoms with Crippen molar-refractivity contribution in [2.75, 3.05) is 27.4 Å². The van der Waals surface area contributed by atoms with Crippen LogP contribution in [0.25, 0.3) is 0 Å². The van der Waals surface area contributed by atoms with Crippen LogP contribution in [0.15, 0.2) is 11.3 Å². The first-order chi connectivity index (χ1) is 24.1. The molecule has 4 N–H and O–H groups in total. The Morgan fingerprint density at radius 3 is 2.35 bits per heavy atom. The van der Waals surface area contributed by atoms with E-state index < -0.39 is 109 Å². The molecule has 14 heteroatoms. The fraction of sp³-hybridized carbons (Fsp3) is 0.921. The highest BCUT2D eigenvalue weighted by atomic mass is 19.1. The van der Waals surface area contributed by atoms with E-state index in [1.165, 1.54) is 14.0 Å². The van der Waals surface area contributed by atoms with Crippen LogP contribution in [0, 0.1) is 17.8 Å². The summed E-state index contributed by atoms with van der Waals surface area (Å²) in [6.45, 7) is 17.3. The number of aliphatic hydroxyl groups excluding tert-OH is 3. The fourth-order valence-electron chi connectivity index (χ4n) is 8.95. The van der Waals surface area contributed by atoms with Crippen molar-refractivity contribution in [1.29, 1.82) is 0 Å². The molecule has 0 saturated carbocycles. The Hall–Kier alpha value is -1.46. The summed E-state index contributed by atoms with van der Waals surface area (Å²) in [6.07, 6.45) is -8.16. The number of ether oxygens (including phenoxy) is 7. The number of halogens is 1. The number of esters is 1. The van der Waals surface area contributed by atoms with E-state index in [0.29, 0.717) is 18.6 Å². The quantitative estimate of drug-likeness (QED) is 0.228. The van der Waals surface area contributed by atoms with Gasteiger partial charge in [0, 0.05) is 38.5 Å². The van der Waals surface area contributed by atoms with Crippen molar-refractivity contribution in [3.05, 3.63) is 11.3 Å². The molecule has 13 nitrogen and oxygen atoms in total. The summed E-state index contributed by atoms with van der Waals surface area (Å²) in [5.41, 5.74) is -3.11. The molecule has 0 aliphatic carbocycles. The zero-order valence-corrected chi connectivity index (χ0v) is 33.2. The third-order valence-electron chi connectivity index (χ3n) is 12.3. The maximum absolute atomic E-state index is 14.3. The van der Waals surface area contributed by atoms with Crippen LogP contribution >= 0.6 is 0 Å². The summed E-state index contributed by atoms with van der Waals surface area (Å²) in [6, 6.07) is -0.445. The monoisotopic (exact) mass is 747 g/mol. The molecule has 4 heterocycles. The van der Waals surface area contributed by atoms with Crippen molar-refractivity contribution in [3.63, 3.8) is 0 Å². The fourth-order valence-corrected chi connectivity index (χ4v) is 8.95. The normalized spacial score (nSPS) is 45.2. The molecular weight excluding hydrogens is 681 g/mol. The minimum absolute atomic E-state index is 0.133. The minimum Gasteiger partial charge on any atom is -0.488 e. The zero-order chi connectivity index (χ0) is 39.1. The number of fused-ring (bicyclic) bond motifs is 2. The average molecular weight is 748 g/mol. The number of carbonyl (C=O) groups is 1. The molecule has 2 bridgehead atoms. The van der Waals surface area contributed by atoms with Crippen molar-refractivity contribution < 1.29 is 62.8 Å². The second-order valence-corrected chi connectivity index (χ2v) is 16.6. The van der Waals surface area contributed by atoms with E-state index >= 15 is 0 Å². The minimum atomic E-state index is -1.85. The highest BCUT2D eigenvalue weighted by molar-refractivity contribution is 5.73. The topological polar surface area (TPSA) is 166 Å². The molecule has 0 amide bonds. The second-order valence-electron chi connectivity index (χ2n) is 16.6. The Kier molecular flexibility index (Phi) is 13.9. The molecule has 4 aliphatic heterocycles. The number of likely N-dealkylation sites (N-methyl/N-ethyl adjacent to an activating group) is 1. The predicted molar refractivity (Wildman–Crippen MR) is 189 cm³/mol. The largest absolute Gasteiger partial charge is 0.488 e. The third kappa shape index (κ3) is 8.51. The van der Waals surface area contributed by atoms with Crippen LogP contribution in [0.1, 0.15) is 94.9 Å². The van der Waals surface area contributed by atoms with E-state index in [-0.39, 0.29) is 25.5 Å². The standard InChI is InChI=1S/C38H66FNO12/c1-13-26(41)38(10,45)33-21(4)29-19(2)17-37(9,52-29)32(51-35-28(42)25(16-20(3)47-35)40(11)15-14-39)22(5)30(23(6)34(44)50-33)49-27-18-36(8,46-12)31(43)24(7)48-27/h20-28,30-33,35,41-43,45H,13-18H2,1-12H3/t20?,21-,22-,23+,24?,25?,26+,27-,28?,30-,31-,32+,33+,35-,36?,37-,38+/m0/s1. The van der Waals surface area contributed by atoms with Crippen LogP contribution in [-0.2, 0) is 38.0 Å². The molecule has 4 rings (SSSR count). The molecule has 52 heavy (non-hydrogen) atoms. The Bertz CT molecular complexity index is 1250. The molecule has 0 spiro atoms. The molecule has 302 valence electrons. The summed E-state index contributed by atoms with van der Waals surface area (Å²) in [5, 5.41) is 45.3. The number of cyclic esters (lactones) is 1. The van der Waals surface area contributed by atoms with Gasteiger partial charge in [-0.2, -0.15) is 0 Å². The maximum atomic E-state index is 14.3. The van der Waals surface area contributed by atoms with Gasteiger partial charge in [0.25, 0.3) is 0 Å². The molecule has 0 aromatic heterocycles. The van der Waals surface area contributed by atoms with E-state index in [0.717, 1.165) is 5.57 Å². The first kappa shape index (κ1) is 43.3. The van der Waals surface area contributed by atoms with Crippen LogP contribution in [0.4, 0.5) is 4.39 Å². The number of methoxy groups -OCH3 is 1. The Morgan fingerprint density at radius 1 is 1.10 bits per heavy atom. The Balaban J connectivity index is 1.82. The van der Waals surface area contributed by atoms with Crippen molar-refractivity contribution >= 4 is 5.97 Å². The maximum Gasteiger partial charge on any atom is 0.311 e. The Morgan fingerprint density at radius 2 is 1.75 bits per heavy atom. The van der Waals surface area contributed by atoms with Gasteiger partial charge in [0.05, 0.1) is 41.9 Å². The van der Waals surface area contributed by atoms with Crippen LogP contribution < -0.4 is 0 Å². The van der Waals surface area contributed by atoms with E-state index in [4.69, 9.17) is 33.2 Å². The van der Waals surface area contributed by atoms with Crippen molar-refractivity contribution in [2.45, 2.75) is 179 Å². The van der Waals surface area contributed by atoms with Gasteiger partial charge in [0.15, 0.2) is 12.6 Å². The van der Waals surface area contributed by atoms with Crippen molar-refractivity contribution in [3.8, 4) is 0 Å². The van der Waals surface area contributed by atoms with Gasteiger partial charge >= 0.3 is 5.97 Å². The van der Waals surface area contributed by atoms with E-state index in [1.54, 1.807) is 46.6 Å². The first-order valence-corrected chi connectivity index (χ1v) is 18.9. The SMILES string of the molecule is CC[C@@H](O)[C@@](C)(O)[C@@H]1OC(=O)[C@H](C)[C@@H](O[C@H]2CC(C)(OC)[C@@H](O)C(C)O2)[C@H](C)[C@@H](O[C@@H]2OC(C)CC(N(C)CCF)C2O)[C@]2(C)CC(C)=C(O2)[C@@H]1C. The molecule has 3 saturated heterocycles. The lowest BCUT2D eigenvalue weighted by Crippen LogP contribution is -2.60. The van der Waals surface area contributed by atoms with E-state index in [1.807, 2.05) is 27.7 Å². The number of aliphatic hydroxyl groups is 4. The molecule has 0 aromatic rings. The summed E-state index contributed by atoms with van der Waals surface area (Å²) in [4.78, 5) is 16.1. The average Bonchev–Trinajstić information content (AvgIpc) is 3.40. The van der Waals surface area contributed by atoms with E-state index in [2.05, 4.69) is 0 Å². The number of hydrogen-bond donors (Lipinski definition) is 4. The van der Waals surface area contributed by atoms with Crippen LogP contribution in [0.2, 0.25) is 0 Å². The van der Waals surface area contributed by atoms with Gasteiger partial charge in [-0.15, -0.1) is 0 Å². The van der Waals surface area contributed by atoms with Gasteiger partial charge in [0.1, 0.15) is 48.1 Å². The molecule has 0 radical (unpaired) electrons. The molecule has 5 unspecified atom stereocenters. The number of alkyl halides is 1. The molecule has 3 fully saturated rings. The van der Waals surface area contributed by atoms with Gasteiger partial charge in [-0.3, -0.25) is 9.69 Å². The van der Waals surface area contributed by atoms with Crippen LogP contribution in [-0.4, -0.2) is 143 Å². The summed E-state index contributed by atoms with van der Waals surface area (Å²) >= 11 is 0. The summed E-state index contributed by atoms with van der Waals surface area (Å²) < 4.78 is 58.2. The van der Waals surface area contributed by atoms with Crippen LogP contribution in [0.5, 0.6) is 0 Å². The number of carbonyl (C=O) groups excluding carboxylic acids is 1. The molecule has 0 aromatic carbocycles. The predicted octanol–water partition coefficient (Wildman–Crippen LogP) is 3.23. The highest BCUT2D eigenvalue weighted by Crippen LogP contribution is 2.48. The number of hydrogen-bond acceptors (Lipinski definition) is 13. The Labute approximate surface area is 309 Å². The number of rotatable bonds is 11. The van der Waals surface area contributed by atoms with Gasteiger partial charge < -0.3 is 53.6 Å².